The number of carbonyl (C=O) groups excluding carboxylic acids is 3. The zero-order valence-corrected chi connectivity index (χ0v) is 35.6. The fourth-order valence-electron chi connectivity index (χ4n) is 6.28. The van der Waals surface area contributed by atoms with Gasteiger partial charge >= 0.3 is 11.9 Å². The molecule has 2 aliphatic rings. The number of sulfonamides is 1. The van der Waals surface area contributed by atoms with Crippen LogP contribution in [0.5, 0.6) is 5.75 Å². The van der Waals surface area contributed by atoms with Crippen LogP contribution in [0.3, 0.4) is 0 Å². The molecule has 2 unspecified atom stereocenters. The molecular weight excluding hydrogens is 872 g/mol. The number of thioether (sulfide) groups is 2. The zero-order chi connectivity index (χ0) is 43.5. The van der Waals surface area contributed by atoms with Gasteiger partial charge in [-0.1, -0.05) is 46.9 Å². The van der Waals surface area contributed by atoms with Gasteiger partial charge in [-0.25, -0.2) is 38.7 Å². The number of hydrazine groups is 3. The van der Waals surface area contributed by atoms with Gasteiger partial charge in [-0.3, -0.25) is 25.0 Å². The summed E-state index contributed by atoms with van der Waals surface area (Å²) < 4.78 is 30.9. The molecule has 2 aliphatic heterocycles. The first-order valence-corrected chi connectivity index (χ1v) is 22.9. The Labute approximate surface area is 362 Å². The van der Waals surface area contributed by atoms with E-state index in [-0.39, 0.29) is 69.5 Å². The van der Waals surface area contributed by atoms with E-state index in [9.17, 15) is 22.8 Å². The van der Waals surface area contributed by atoms with Crippen molar-refractivity contribution in [2.75, 3.05) is 44.3 Å². The molecule has 19 nitrogen and oxygen atoms in total. The number of hydrogen-bond acceptors (Lipinski definition) is 19. The molecule has 61 heavy (non-hydrogen) atoms. The van der Waals surface area contributed by atoms with Crippen LogP contribution < -0.4 is 42.5 Å². The highest BCUT2D eigenvalue weighted by Crippen LogP contribution is 2.40. The molecule has 1 aromatic heterocycles. The third-order valence-electron chi connectivity index (χ3n) is 9.56. The molecule has 320 valence electrons. The molecule has 2 atom stereocenters. The summed E-state index contributed by atoms with van der Waals surface area (Å²) in [6, 6.07) is 23.3. The zero-order valence-electron chi connectivity index (χ0n) is 32.4. The van der Waals surface area contributed by atoms with Crippen molar-refractivity contribution in [3.05, 3.63) is 107 Å². The molecule has 8 N–H and O–H groups in total. The first kappa shape index (κ1) is 43.7. The number of nitrogens with two attached hydrogens (primary N) is 3. The van der Waals surface area contributed by atoms with Crippen LogP contribution in [0.1, 0.15) is 24.0 Å². The smallest absolute Gasteiger partial charge is 0.326 e. The number of halogens is 1. The summed E-state index contributed by atoms with van der Waals surface area (Å²) in [6.45, 7) is 0. The minimum absolute atomic E-state index is 0.000404. The topological polar surface area (TPSA) is 260 Å². The summed E-state index contributed by atoms with van der Waals surface area (Å²) in [7, 11) is -4.52. The first-order valence-electron chi connectivity index (χ1n) is 18.2. The van der Waals surface area contributed by atoms with Gasteiger partial charge in [0.15, 0.2) is 11.6 Å². The monoisotopic (exact) mass is 910 g/mol. The summed E-state index contributed by atoms with van der Waals surface area (Å²) in [5.41, 5.74) is 11.4. The Morgan fingerprint density at radius 2 is 1.57 bits per heavy atom. The average molecular weight is 911 g/mol. The number of nitrogens with zero attached hydrogens (tertiary/aromatic N) is 5. The van der Waals surface area contributed by atoms with Gasteiger partial charge in [-0.15, -0.1) is 0 Å². The SMILES string of the molecule is CSCCC1(N)C(=O)OOc2cc(N(N(N)c3nc4ccccc4nc3NS(=O)(=O)c3cccc(NC(=O)Cc4ccc(Cl)cc4)c3)N3OOC(=O)C3(N)CCSC)cc1c2. The van der Waals surface area contributed by atoms with E-state index in [1.54, 1.807) is 48.5 Å². The van der Waals surface area contributed by atoms with Gasteiger partial charge in [-0.05, 0) is 101 Å². The van der Waals surface area contributed by atoms with E-state index in [4.69, 9.17) is 53.5 Å². The lowest BCUT2D eigenvalue weighted by Gasteiger charge is -2.41. The Bertz CT molecular complexity index is 2600. The molecule has 2 bridgehead atoms. The normalized spacial score (nSPS) is 18.8. The van der Waals surface area contributed by atoms with Gasteiger partial charge in [0.2, 0.25) is 17.4 Å². The summed E-state index contributed by atoms with van der Waals surface area (Å²) in [5, 5.41) is 5.96. The number of carbonyl (C=O) groups is 3. The standard InChI is InChI=1S/C38H39ClN10O9S3/c1-59-16-14-37(40)24-19-27(22-28(20-24)55-56-35(37)51)48(49-38(41,15-17-60-2)36(52)57-58-49)47(42)34-33(44-30-8-3-4-9-31(30)45-34)46-61(53,54)29-7-5-6-26(21-29)43-32(50)18-23-10-12-25(39)13-11-23/h3-13,19-22H,14-18,40-42H2,1-2H3,(H,43,50)(H,44,46). The summed E-state index contributed by atoms with van der Waals surface area (Å²) in [6.07, 6.45) is 3.77. The van der Waals surface area contributed by atoms with Crippen LogP contribution in [0.2, 0.25) is 5.02 Å². The second-order valence-corrected chi connectivity index (χ2v) is 17.9. The lowest BCUT2D eigenvalue weighted by Crippen LogP contribution is -2.68. The first-order chi connectivity index (χ1) is 29.1. The van der Waals surface area contributed by atoms with Crippen LogP contribution in [0, 0.1) is 0 Å². The van der Waals surface area contributed by atoms with Gasteiger partial charge in [0.05, 0.1) is 28.0 Å². The molecule has 3 heterocycles. The van der Waals surface area contributed by atoms with E-state index in [0.29, 0.717) is 22.1 Å². The fraction of sp³-hybridized carbons (Fsp3) is 0.237. The maximum Gasteiger partial charge on any atom is 0.383 e. The molecule has 1 fully saturated rings. The van der Waals surface area contributed by atoms with E-state index < -0.39 is 39.1 Å². The second kappa shape index (κ2) is 17.9. The van der Waals surface area contributed by atoms with Crippen LogP contribution in [0.15, 0.2) is 95.9 Å². The lowest BCUT2D eigenvalue weighted by atomic mass is 9.88. The quantitative estimate of drug-likeness (QED) is 0.0529. The molecule has 0 radical (unpaired) electrons. The average Bonchev–Trinajstić information content (AvgIpc) is 3.49. The molecule has 0 spiro atoms. The molecule has 5 aromatic rings. The number of amides is 1. The second-order valence-electron chi connectivity index (χ2n) is 13.8. The largest absolute Gasteiger partial charge is 0.383 e. The van der Waals surface area contributed by atoms with E-state index in [1.165, 1.54) is 66.0 Å². The van der Waals surface area contributed by atoms with E-state index in [2.05, 4.69) is 15.0 Å². The van der Waals surface area contributed by atoms with E-state index in [0.717, 1.165) is 15.4 Å². The minimum Gasteiger partial charge on any atom is -0.326 e. The molecule has 23 heteroatoms. The van der Waals surface area contributed by atoms with Gasteiger partial charge in [0.25, 0.3) is 10.0 Å². The number of para-hydroxylation sites is 2. The molecule has 0 aliphatic carbocycles. The van der Waals surface area contributed by atoms with Crippen molar-refractivity contribution in [3.63, 3.8) is 0 Å². The van der Waals surface area contributed by atoms with Crippen molar-refractivity contribution in [2.45, 2.75) is 35.4 Å². The minimum atomic E-state index is -4.52. The highest BCUT2D eigenvalue weighted by atomic mass is 35.5. The number of hydroxylamine groups is 1. The predicted octanol–water partition coefficient (Wildman–Crippen LogP) is 4.15. The Morgan fingerprint density at radius 1 is 0.869 bits per heavy atom. The van der Waals surface area contributed by atoms with Crippen molar-refractivity contribution in [1.82, 2.24) is 15.1 Å². The van der Waals surface area contributed by atoms with Crippen molar-refractivity contribution in [2.24, 2.45) is 17.3 Å². The maximum absolute atomic E-state index is 14.2. The van der Waals surface area contributed by atoms with E-state index >= 15 is 0 Å². The number of nitrogens with one attached hydrogen (secondary N) is 2. The number of anilines is 4. The Balaban J connectivity index is 1.31. The van der Waals surface area contributed by atoms with Crippen molar-refractivity contribution >= 4 is 97.0 Å². The number of fused-ring (bicyclic) bond motifs is 3. The third kappa shape index (κ3) is 9.12. The number of rotatable bonds is 16. The highest BCUT2D eigenvalue weighted by molar-refractivity contribution is 7.98. The third-order valence-corrected chi connectivity index (χ3v) is 12.4. The van der Waals surface area contributed by atoms with Crippen LogP contribution in [0.25, 0.3) is 11.0 Å². The van der Waals surface area contributed by atoms with Gasteiger partial charge < -0.3 is 11.1 Å². The number of hydrogen-bond donors (Lipinski definition) is 5. The summed E-state index contributed by atoms with van der Waals surface area (Å²) in [4.78, 5) is 69.5. The number of benzene rings is 4. The van der Waals surface area contributed by atoms with Crippen molar-refractivity contribution in [3.8, 4) is 5.75 Å². The molecule has 1 amide bonds. The fourth-order valence-corrected chi connectivity index (χ4v) is 8.50. The summed E-state index contributed by atoms with van der Waals surface area (Å²) >= 11 is 8.82. The van der Waals surface area contributed by atoms with Crippen molar-refractivity contribution < 1.29 is 42.5 Å². The number of aromatic nitrogens is 2. The molecular formula is C38H39ClN10O9S3. The molecule has 4 aromatic carbocycles. The maximum atomic E-state index is 14.2. The van der Waals surface area contributed by atoms with Gasteiger partial charge in [-0.2, -0.15) is 33.8 Å². The van der Waals surface area contributed by atoms with Crippen LogP contribution in [-0.2, 0) is 51.1 Å². The van der Waals surface area contributed by atoms with Crippen LogP contribution in [0.4, 0.5) is 23.0 Å². The van der Waals surface area contributed by atoms with Gasteiger partial charge in [0.1, 0.15) is 5.54 Å². The Morgan fingerprint density at radius 3 is 2.30 bits per heavy atom. The Kier molecular flexibility index (Phi) is 12.8. The van der Waals surface area contributed by atoms with Crippen molar-refractivity contribution in [1.29, 1.82) is 0 Å². The summed E-state index contributed by atoms with van der Waals surface area (Å²) in [5.74, 6) is 4.82. The van der Waals surface area contributed by atoms with Gasteiger partial charge in [0, 0.05) is 23.2 Å². The highest BCUT2D eigenvalue weighted by Gasteiger charge is 2.55. The van der Waals surface area contributed by atoms with Crippen LogP contribution >= 0.6 is 35.1 Å². The van der Waals surface area contributed by atoms with E-state index in [1.807, 2.05) is 12.5 Å². The molecule has 7 rings (SSSR count). The van der Waals surface area contributed by atoms with Crippen LogP contribution in [-0.4, -0.2) is 71.1 Å². The molecule has 0 saturated carbocycles. The lowest BCUT2D eigenvalue weighted by molar-refractivity contribution is -0.371. The Hall–Kier alpha value is -5.43. The molecule has 1 saturated heterocycles. The predicted molar refractivity (Wildman–Crippen MR) is 231 cm³/mol.